The molecule has 0 aromatic heterocycles. The van der Waals surface area contributed by atoms with Crippen molar-refractivity contribution in [3.63, 3.8) is 0 Å². The summed E-state index contributed by atoms with van der Waals surface area (Å²) in [5, 5.41) is 0. The van der Waals surface area contributed by atoms with Crippen molar-refractivity contribution in [2.45, 2.75) is 44.1 Å². The first kappa shape index (κ1) is 17.7. The number of rotatable bonds is 7. The van der Waals surface area contributed by atoms with Gasteiger partial charge in [0.05, 0.1) is 5.41 Å². The molecule has 0 spiro atoms. The Kier molecular flexibility index (Phi) is 5.54. The van der Waals surface area contributed by atoms with E-state index in [1.807, 2.05) is 60.7 Å². The molecule has 1 aliphatic rings. The standard InChI is InChI=1S/C22H28N2O/c1-18-10-8-16-24(18)17-9-15-22(21(23)25,19-11-4-2-5-12-19)20-13-6-3-7-14-20/h2-7,11-14,18H,8-10,15-17H2,1H3,(H2,23,25). The third kappa shape index (κ3) is 3.62. The van der Waals surface area contributed by atoms with Gasteiger partial charge in [0.2, 0.25) is 5.91 Å². The number of hydrogen-bond donors (Lipinski definition) is 1. The molecule has 3 heteroatoms. The fraction of sp³-hybridized carbons (Fsp3) is 0.409. The van der Waals surface area contributed by atoms with Crippen molar-refractivity contribution in [3.8, 4) is 0 Å². The highest BCUT2D eigenvalue weighted by atomic mass is 16.1. The second kappa shape index (κ2) is 7.83. The van der Waals surface area contributed by atoms with E-state index in [1.54, 1.807) is 0 Å². The topological polar surface area (TPSA) is 46.3 Å². The van der Waals surface area contributed by atoms with E-state index < -0.39 is 5.41 Å². The van der Waals surface area contributed by atoms with Gasteiger partial charge in [-0.3, -0.25) is 4.79 Å². The first-order valence-electron chi connectivity index (χ1n) is 9.29. The quantitative estimate of drug-likeness (QED) is 0.837. The number of amides is 1. The van der Waals surface area contributed by atoms with Crippen LogP contribution in [0.4, 0.5) is 0 Å². The van der Waals surface area contributed by atoms with Gasteiger partial charge in [-0.15, -0.1) is 0 Å². The van der Waals surface area contributed by atoms with Crippen LogP contribution in [0.1, 0.15) is 43.7 Å². The van der Waals surface area contributed by atoms with E-state index in [2.05, 4.69) is 11.8 Å². The van der Waals surface area contributed by atoms with Crippen LogP contribution in [-0.2, 0) is 10.2 Å². The van der Waals surface area contributed by atoms with Gasteiger partial charge in [-0.05, 0) is 56.8 Å². The number of likely N-dealkylation sites (tertiary alicyclic amines) is 1. The van der Waals surface area contributed by atoms with E-state index in [1.165, 1.54) is 19.4 Å². The van der Waals surface area contributed by atoms with E-state index >= 15 is 0 Å². The number of hydrogen-bond acceptors (Lipinski definition) is 2. The Hall–Kier alpha value is -2.13. The van der Waals surface area contributed by atoms with E-state index in [-0.39, 0.29) is 5.91 Å². The third-order valence-electron chi connectivity index (χ3n) is 5.64. The Labute approximate surface area is 150 Å². The largest absolute Gasteiger partial charge is 0.369 e. The number of carbonyl (C=O) groups is 1. The minimum absolute atomic E-state index is 0.264. The molecule has 1 amide bonds. The van der Waals surface area contributed by atoms with Gasteiger partial charge in [-0.25, -0.2) is 0 Å². The first-order valence-corrected chi connectivity index (χ1v) is 9.29. The van der Waals surface area contributed by atoms with E-state index in [0.717, 1.165) is 30.5 Å². The van der Waals surface area contributed by atoms with Crippen LogP contribution in [0, 0.1) is 0 Å². The van der Waals surface area contributed by atoms with Crippen molar-refractivity contribution in [2.75, 3.05) is 13.1 Å². The lowest BCUT2D eigenvalue weighted by atomic mass is 9.70. The molecular formula is C22H28N2O. The number of benzene rings is 2. The maximum absolute atomic E-state index is 12.7. The minimum Gasteiger partial charge on any atom is -0.369 e. The van der Waals surface area contributed by atoms with Crippen LogP contribution in [0.15, 0.2) is 60.7 Å². The molecule has 0 aliphatic carbocycles. The predicted molar refractivity (Wildman–Crippen MR) is 102 cm³/mol. The lowest BCUT2D eigenvalue weighted by Gasteiger charge is -2.33. The summed E-state index contributed by atoms with van der Waals surface area (Å²) in [7, 11) is 0. The van der Waals surface area contributed by atoms with Gasteiger partial charge in [0.25, 0.3) is 0 Å². The summed E-state index contributed by atoms with van der Waals surface area (Å²) < 4.78 is 0. The molecule has 2 aromatic rings. The fourth-order valence-electron chi connectivity index (χ4n) is 4.18. The smallest absolute Gasteiger partial charge is 0.232 e. The van der Waals surface area contributed by atoms with Gasteiger partial charge in [-0.1, -0.05) is 60.7 Å². The van der Waals surface area contributed by atoms with Crippen LogP contribution in [0.3, 0.4) is 0 Å². The molecule has 1 aliphatic heterocycles. The first-order chi connectivity index (χ1) is 12.1. The molecule has 1 saturated heterocycles. The van der Waals surface area contributed by atoms with E-state index in [0.29, 0.717) is 6.04 Å². The Bertz CT molecular complexity index is 644. The summed E-state index contributed by atoms with van der Waals surface area (Å²) in [4.78, 5) is 15.3. The predicted octanol–water partition coefficient (Wildman–Crippen LogP) is 3.72. The molecule has 2 N–H and O–H groups in total. The lowest BCUT2D eigenvalue weighted by Crippen LogP contribution is -2.43. The van der Waals surface area contributed by atoms with Crippen LogP contribution < -0.4 is 5.73 Å². The van der Waals surface area contributed by atoms with Gasteiger partial charge < -0.3 is 10.6 Å². The molecule has 3 nitrogen and oxygen atoms in total. The molecule has 2 aromatic carbocycles. The summed E-state index contributed by atoms with van der Waals surface area (Å²) in [6, 6.07) is 20.6. The summed E-state index contributed by atoms with van der Waals surface area (Å²) >= 11 is 0. The van der Waals surface area contributed by atoms with Crippen LogP contribution in [0.5, 0.6) is 0 Å². The molecule has 0 radical (unpaired) electrons. The number of primary amides is 1. The monoisotopic (exact) mass is 336 g/mol. The Morgan fingerprint density at radius 2 is 1.64 bits per heavy atom. The Morgan fingerprint density at radius 1 is 1.08 bits per heavy atom. The lowest BCUT2D eigenvalue weighted by molar-refractivity contribution is -0.122. The van der Waals surface area contributed by atoms with Gasteiger partial charge in [-0.2, -0.15) is 0 Å². The number of carbonyl (C=O) groups excluding carboxylic acids is 1. The zero-order valence-corrected chi connectivity index (χ0v) is 15.0. The molecule has 1 atom stereocenters. The Balaban J connectivity index is 1.89. The molecule has 0 saturated carbocycles. The average Bonchev–Trinajstić information content (AvgIpc) is 3.05. The summed E-state index contributed by atoms with van der Waals surface area (Å²) in [6.07, 6.45) is 4.24. The maximum atomic E-state index is 12.7. The molecular weight excluding hydrogens is 308 g/mol. The molecule has 132 valence electrons. The van der Waals surface area contributed by atoms with Crippen molar-refractivity contribution in [2.24, 2.45) is 5.73 Å². The molecule has 1 fully saturated rings. The van der Waals surface area contributed by atoms with Crippen molar-refractivity contribution < 1.29 is 4.79 Å². The zero-order chi connectivity index (χ0) is 17.7. The molecule has 1 heterocycles. The van der Waals surface area contributed by atoms with Crippen LogP contribution in [0.25, 0.3) is 0 Å². The van der Waals surface area contributed by atoms with Gasteiger partial charge in [0.1, 0.15) is 0 Å². The normalized spacial score (nSPS) is 18.4. The summed E-state index contributed by atoms with van der Waals surface area (Å²) in [5.41, 5.74) is 7.22. The molecule has 1 unspecified atom stereocenters. The SMILES string of the molecule is CC1CCCN1CCCC(C(N)=O)(c1ccccc1)c1ccccc1. The van der Waals surface area contributed by atoms with Crippen molar-refractivity contribution in [1.29, 1.82) is 0 Å². The van der Waals surface area contributed by atoms with Crippen molar-refractivity contribution >= 4 is 5.91 Å². The third-order valence-corrected chi connectivity index (χ3v) is 5.64. The number of nitrogens with zero attached hydrogens (tertiary/aromatic N) is 1. The van der Waals surface area contributed by atoms with Crippen LogP contribution >= 0.6 is 0 Å². The van der Waals surface area contributed by atoms with Gasteiger partial charge >= 0.3 is 0 Å². The summed E-state index contributed by atoms with van der Waals surface area (Å²) in [6.45, 7) is 4.49. The van der Waals surface area contributed by atoms with Crippen LogP contribution in [-0.4, -0.2) is 29.9 Å². The fourth-order valence-corrected chi connectivity index (χ4v) is 4.18. The number of nitrogens with two attached hydrogens (primary N) is 1. The highest BCUT2D eigenvalue weighted by Crippen LogP contribution is 2.37. The minimum atomic E-state index is -0.758. The van der Waals surface area contributed by atoms with Crippen molar-refractivity contribution in [3.05, 3.63) is 71.8 Å². The second-order valence-electron chi connectivity index (χ2n) is 7.13. The summed E-state index contributed by atoms with van der Waals surface area (Å²) in [5.74, 6) is -0.264. The molecule has 0 bridgehead atoms. The average molecular weight is 336 g/mol. The van der Waals surface area contributed by atoms with E-state index in [4.69, 9.17) is 5.73 Å². The maximum Gasteiger partial charge on any atom is 0.232 e. The van der Waals surface area contributed by atoms with Gasteiger partial charge in [0.15, 0.2) is 0 Å². The molecule has 25 heavy (non-hydrogen) atoms. The van der Waals surface area contributed by atoms with E-state index in [9.17, 15) is 4.79 Å². The van der Waals surface area contributed by atoms with Crippen molar-refractivity contribution in [1.82, 2.24) is 4.90 Å². The highest BCUT2D eigenvalue weighted by molar-refractivity contribution is 5.90. The van der Waals surface area contributed by atoms with Crippen LogP contribution in [0.2, 0.25) is 0 Å². The Morgan fingerprint density at radius 3 is 2.08 bits per heavy atom. The second-order valence-corrected chi connectivity index (χ2v) is 7.13. The zero-order valence-electron chi connectivity index (χ0n) is 15.0. The molecule has 3 rings (SSSR count). The highest BCUT2D eigenvalue weighted by Gasteiger charge is 2.40. The van der Waals surface area contributed by atoms with Gasteiger partial charge in [0, 0.05) is 6.04 Å².